The Morgan fingerprint density at radius 3 is 1.96 bits per heavy atom. The molecule has 3 aliphatic rings. The number of aromatic hydroxyl groups is 1. The van der Waals surface area contributed by atoms with Crippen LogP contribution < -0.4 is 48.3 Å². The summed E-state index contributed by atoms with van der Waals surface area (Å²) in [6.07, 6.45) is 3.93. The Morgan fingerprint density at radius 1 is 0.709 bits per heavy atom. The molecule has 7 heterocycles. The average molecular weight is 1420 g/mol. The summed E-state index contributed by atoms with van der Waals surface area (Å²) in [4.78, 5) is 184. The summed E-state index contributed by atoms with van der Waals surface area (Å²) in [6, 6.07) is 9.44. The molecule has 1 saturated heterocycles. The van der Waals surface area contributed by atoms with Gasteiger partial charge in [0.2, 0.25) is 59.1 Å². The summed E-state index contributed by atoms with van der Waals surface area (Å²) in [5.41, 5.74) is 7.76. The SMILES string of the molecule is CC(=O)N[C@H]1CCc2cn(nn2)-c2ccc(cc2)C[C@@H](C(N)=O)NC(=O)[C@]2(C)CCCN2C(=O)[C@H](Cc2ccc(O)cc2)NC(=O)[C@H](Cc2cnc[nH]2)NC(=O)[C@H](CC(=O)O)CC(=O)[C@H](Cc2c[nH]c3ccc(F)cc23)NC(=O)[C@H](Cc2c[nH]c3ccc(F)cc23)NC(=O)CNC(=O)[C@H](C)NC1=O. The number of nitrogens with two attached hydrogens (primary N) is 1. The second-order valence-corrected chi connectivity index (χ2v) is 25.9. The molecule has 540 valence electrons. The maximum atomic E-state index is 15.3. The van der Waals surface area contributed by atoms with Gasteiger partial charge < -0.3 is 78.3 Å². The molecule has 3 aliphatic heterocycles. The van der Waals surface area contributed by atoms with Crippen LogP contribution >= 0.6 is 0 Å². The Balaban J connectivity index is 0.997. The van der Waals surface area contributed by atoms with Crippen molar-refractivity contribution in [3.8, 4) is 11.4 Å². The van der Waals surface area contributed by atoms with Crippen LogP contribution in [0, 0.1) is 17.6 Å². The van der Waals surface area contributed by atoms with Crippen LogP contribution in [0.3, 0.4) is 0 Å². The second kappa shape index (κ2) is 32.4. The summed E-state index contributed by atoms with van der Waals surface area (Å²) >= 11 is 0. The molecule has 103 heavy (non-hydrogen) atoms. The Hall–Kier alpha value is -12.2. The number of hydrogen-bond donors (Lipinski definition) is 14. The Bertz CT molecular complexity index is 4520. The second-order valence-electron chi connectivity index (χ2n) is 25.9. The van der Waals surface area contributed by atoms with Gasteiger partial charge in [0, 0.05) is 98.1 Å². The van der Waals surface area contributed by atoms with Crippen molar-refractivity contribution in [3.63, 3.8) is 0 Å². The highest BCUT2D eigenvalue weighted by Crippen LogP contribution is 2.32. The number of halogens is 2. The fourth-order valence-electron chi connectivity index (χ4n) is 12.7. The molecular weight excluding hydrogens is 1340 g/mol. The van der Waals surface area contributed by atoms with Crippen molar-refractivity contribution in [2.24, 2.45) is 11.7 Å². The number of phenols is 1. The number of nitrogens with zero attached hydrogens (tertiary/aromatic N) is 5. The number of hydrogen-bond acceptors (Lipinski definition) is 16. The van der Waals surface area contributed by atoms with Crippen LogP contribution in [0.25, 0.3) is 27.5 Å². The minimum atomic E-state index is -1.82. The van der Waals surface area contributed by atoms with Crippen molar-refractivity contribution in [1.29, 1.82) is 0 Å². The van der Waals surface area contributed by atoms with E-state index in [2.05, 4.69) is 72.8 Å². The molecule has 4 aromatic heterocycles. The number of imidazole rings is 1. The number of fused-ring (bicyclic) bond motifs is 31. The highest BCUT2D eigenvalue weighted by atomic mass is 19.1. The lowest BCUT2D eigenvalue weighted by molar-refractivity contribution is -0.147. The van der Waals surface area contributed by atoms with Gasteiger partial charge in [-0.05, 0) is 122 Å². The molecule has 0 unspecified atom stereocenters. The van der Waals surface area contributed by atoms with Gasteiger partial charge in [-0.2, -0.15) is 0 Å². The van der Waals surface area contributed by atoms with Crippen LogP contribution in [0.15, 0.2) is 116 Å². The first-order valence-corrected chi connectivity index (χ1v) is 33.2. The van der Waals surface area contributed by atoms with E-state index < -0.39 is 168 Å². The number of rotatable bonds is 12. The van der Waals surface area contributed by atoms with Crippen molar-refractivity contribution in [2.75, 3.05) is 13.1 Å². The summed E-state index contributed by atoms with van der Waals surface area (Å²) in [7, 11) is 0. The number of phenolic OH excluding ortho intramolecular Hbond substituents is 1. The van der Waals surface area contributed by atoms with E-state index in [4.69, 9.17) is 5.73 Å². The van der Waals surface area contributed by atoms with E-state index in [0.29, 0.717) is 44.5 Å². The zero-order valence-electron chi connectivity index (χ0n) is 56.1. The fourth-order valence-corrected chi connectivity index (χ4v) is 12.7. The van der Waals surface area contributed by atoms with E-state index in [0.717, 1.165) is 6.07 Å². The predicted octanol–water partition coefficient (Wildman–Crippen LogP) is 0.862. The minimum absolute atomic E-state index is 0.0139. The van der Waals surface area contributed by atoms with Gasteiger partial charge in [0.15, 0.2) is 5.78 Å². The summed E-state index contributed by atoms with van der Waals surface area (Å²) in [5, 5.41) is 50.4. The van der Waals surface area contributed by atoms with E-state index in [9.17, 15) is 57.4 Å². The van der Waals surface area contributed by atoms with E-state index in [1.165, 1.54) is 110 Å². The normalized spacial score (nSPS) is 22.9. The van der Waals surface area contributed by atoms with Gasteiger partial charge in [-0.25, -0.2) is 18.4 Å². The van der Waals surface area contributed by atoms with Crippen molar-refractivity contribution >= 4 is 92.6 Å². The molecule has 1 fully saturated rings. The first-order valence-electron chi connectivity index (χ1n) is 33.2. The number of ketones is 1. The molecule has 31 nitrogen and oxygen atoms in total. The predicted molar refractivity (Wildman–Crippen MR) is 363 cm³/mol. The van der Waals surface area contributed by atoms with Gasteiger partial charge in [0.1, 0.15) is 59.2 Å². The number of carbonyl (C=O) groups is 12. The molecular formula is C70H77F2N17O14. The average Bonchev–Trinajstić information content (AvgIpc) is 1.69. The lowest BCUT2D eigenvalue weighted by Crippen LogP contribution is -2.63. The van der Waals surface area contributed by atoms with E-state index in [1.54, 1.807) is 30.5 Å². The van der Waals surface area contributed by atoms with Crippen LogP contribution in [-0.4, -0.2) is 182 Å². The van der Waals surface area contributed by atoms with E-state index in [1.807, 2.05) is 0 Å². The summed E-state index contributed by atoms with van der Waals surface area (Å²) in [6.45, 7) is 3.17. The minimum Gasteiger partial charge on any atom is -0.508 e. The van der Waals surface area contributed by atoms with Crippen LogP contribution in [-0.2, 0) is 96.1 Å². The number of H-pyrrole nitrogens is 3. The molecule has 33 heteroatoms. The number of benzene rings is 4. The van der Waals surface area contributed by atoms with Gasteiger partial charge in [-0.15, -0.1) is 5.10 Å². The lowest BCUT2D eigenvalue weighted by Gasteiger charge is -2.37. The topological polar surface area (TPSA) is 462 Å². The fraction of sp³-hybridized carbons (Fsp3) is 0.357. The number of carbonyl (C=O) groups excluding carboxylic acids is 11. The van der Waals surface area contributed by atoms with Gasteiger partial charge >= 0.3 is 5.97 Å². The smallest absolute Gasteiger partial charge is 0.304 e. The molecule has 8 aromatic rings. The number of carboxylic acids is 1. The Kier molecular flexibility index (Phi) is 23.1. The van der Waals surface area contributed by atoms with Crippen LogP contribution in [0.1, 0.15) is 86.5 Å². The lowest BCUT2D eigenvalue weighted by atomic mass is 9.91. The molecule has 15 N–H and O–H groups in total. The highest BCUT2D eigenvalue weighted by Gasteiger charge is 2.49. The van der Waals surface area contributed by atoms with Crippen molar-refractivity contribution < 1.29 is 76.5 Å². The first kappa shape index (κ1) is 73.5. The molecule has 0 aliphatic carbocycles. The third-order valence-corrected chi connectivity index (χ3v) is 18.3. The number of amides is 10. The monoisotopic (exact) mass is 1420 g/mol. The van der Waals surface area contributed by atoms with Gasteiger partial charge in [-0.1, -0.05) is 29.5 Å². The Morgan fingerprint density at radius 2 is 1.34 bits per heavy atom. The number of aliphatic carboxylic acids is 1. The third kappa shape index (κ3) is 18.6. The van der Waals surface area contributed by atoms with Crippen molar-refractivity contribution in [2.45, 2.75) is 139 Å². The number of aromatic amines is 3. The largest absolute Gasteiger partial charge is 0.508 e. The number of nitrogens with one attached hydrogen (secondary N) is 11. The molecule has 9 atom stereocenters. The van der Waals surface area contributed by atoms with Gasteiger partial charge in [0.25, 0.3) is 0 Å². The quantitative estimate of drug-likeness (QED) is 0.0755. The van der Waals surface area contributed by atoms with E-state index in [-0.39, 0.29) is 73.9 Å². The summed E-state index contributed by atoms with van der Waals surface area (Å²) in [5.74, 6) is -14.7. The number of primary amides is 1. The van der Waals surface area contributed by atoms with Crippen LogP contribution in [0.2, 0.25) is 0 Å². The van der Waals surface area contributed by atoms with Gasteiger partial charge in [0.05, 0.1) is 48.8 Å². The summed E-state index contributed by atoms with van der Waals surface area (Å²) < 4.78 is 31.3. The van der Waals surface area contributed by atoms with Gasteiger partial charge in [-0.3, -0.25) is 57.5 Å². The third-order valence-electron chi connectivity index (χ3n) is 18.3. The van der Waals surface area contributed by atoms with E-state index >= 15 is 19.2 Å². The maximum absolute atomic E-state index is 15.3. The van der Waals surface area contributed by atoms with Crippen LogP contribution in [0.4, 0.5) is 8.78 Å². The molecule has 0 saturated carbocycles. The molecule has 0 radical (unpaired) electrons. The maximum Gasteiger partial charge on any atom is 0.304 e. The molecule has 11 rings (SSSR count). The number of Topliss-reactive ketones (excluding diaryl/α,β-unsaturated/α-hetero) is 1. The van der Waals surface area contributed by atoms with Crippen molar-refractivity contribution in [3.05, 3.63) is 161 Å². The molecule has 10 amide bonds. The molecule has 0 spiro atoms. The molecule has 4 aromatic carbocycles. The standard InChI is InChI=1S/C70H77F2N17O14/c1-36-63(97)77-33-60(93)81-56(24-42-31-76-52-17-10-44(72)28-50(42)52)66(100)82-54(23-41-30-75-51-16-9-43(71)27-49(41)51)59(92)25-40(26-61(94)95)64(98)83-57(29-46-32-74-35-78-46)67(101)84-58(22-39-7-14-48(91)15-8-39)68(102)88-20-4-19-70(88,3)69(103)85-55(62(73)96)21-38-5-12-47(13-6-38)89-34-45(86-87-89)11-18-53(65(99)79-36)80-37(2)90/h5-10,12-17,27-28,30-32,34-36,40,53-58,75-76,91H,4,11,18-26,29,33H2,1-3H3,(H2,73,96)(H,74,78)(H,77,97)(H,79,99)(H,80,90)(H,81,93)(H,82,100)(H,83,98)(H,84,101)(H,85,103)(H,94,95)/t36-,40-,53-,54-,55-,56-,57-,58-,70-/m0/s1. The number of aryl methyl sites for hydroxylation is 1. The van der Waals surface area contributed by atoms with Crippen molar-refractivity contribution in [1.82, 2.24) is 82.4 Å². The number of aromatic nitrogens is 7. The zero-order chi connectivity index (χ0) is 73.8. The number of carboxylic acid groups (broad SMARTS) is 1. The van der Waals surface area contributed by atoms with Crippen LogP contribution in [0.5, 0.6) is 5.75 Å². The first-order chi connectivity index (χ1) is 49.2. The zero-order valence-corrected chi connectivity index (χ0v) is 56.1. The Labute approximate surface area is 586 Å². The highest BCUT2D eigenvalue weighted by molar-refractivity contribution is 6.01. The molecule has 4 bridgehead atoms.